The molecule has 1 atom stereocenters. The maximum absolute atomic E-state index is 12.8. The van der Waals surface area contributed by atoms with Crippen molar-refractivity contribution < 1.29 is 22.5 Å². The Morgan fingerprint density at radius 2 is 1.88 bits per heavy atom. The van der Waals surface area contributed by atoms with Crippen molar-refractivity contribution in [2.75, 3.05) is 6.54 Å². The standard InChI is InChI=1S/C10H18BF3NO2/c1-10(2,3)17-9(16)15-7-5-4-6-8(15)11(12,13)14/h8H,4-7H2,1-3H3/q-1/t8-/m0/s1. The van der Waals surface area contributed by atoms with Crippen LogP contribution in [0, 0.1) is 0 Å². The smallest absolute Gasteiger partial charge is 0.448 e. The van der Waals surface area contributed by atoms with Crippen molar-refractivity contribution >= 4 is 13.1 Å². The lowest BCUT2D eigenvalue weighted by Crippen LogP contribution is -2.55. The topological polar surface area (TPSA) is 29.5 Å². The average Bonchev–Trinajstić information content (AvgIpc) is 2.13. The molecule has 1 amide bonds. The van der Waals surface area contributed by atoms with Crippen LogP contribution in [0.25, 0.3) is 0 Å². The molecule has 0 bridgehead atoms. The zero-order valence-corrected chi connectivity index (χ0v) is 10.4. The van der Waals surface area contributed by atoms with Crippen LogP contribution in [0.2, 0.25) is 0 Å². The van der Waals surface area contributed by atoms with E-state index in [0.717, 1.165) is 4.90 Å². The van der Waals surface area contributed by atoms with E-state index in [4.69, 9.17) is 4.74 Å². The number of ether oxygens (including phenoxy) is 1. The van der Waals surface area contributed by atoms with Crippen LogP contribution >= 0.6 is 0 Å². The first-order valence-corrected chi connectivity index (χ1v) is 5.81. The second kappa shape index (κ2) is 4.78. The zero-order valence-electron chi connectivity index (χ0n) is 10.4. The van der Waals surface area contributed by atoms with Crippen LogP contribution in [-0.4, -0.2) is 36.1 Å². The van der Waals surface area contributed by atoms with E-state index in [1.807, 2.05) is 0 Å². The monoisotopic (exact) mass is 252 g/mol. The number of amides is 1. The van der Waals surface area contributed by atoms with Gasteiger partial charge in [0.15, 0.2) is 0 Å². The second-order valence-corrected chi connectivity index (χ2v) is 5.36. The summed E-state index contributed by atoms with van der Waals surface area (Å²) >= 11 is 0. The van der Waals surface area contributed by atoms with E-state index in [9.17, 15) is 17.7 Å². The predicted molar refractivity (Wildman–Crippen MR) is 59.7 cm³/mol. The summed E-state index contributed by atoms with van der Waals surface area (Å²) in [5.41, 5.74) is -0.766. The predicted octanol–water partition coefficient (Wildman–Crippen LogP) is 3.16. The first-order chi connectivity index (χ1) is 7.61. The van der Waals surface area contributed by atoms with Crippen LogP contribution in [0.3, 0.4) is 0 Å². The minimum absolute atomic E-state index is 0.0112. The molecule has 100 valence electrons. The normalized spacial score (nSPS) is 22.5. The van der Waals surface area contributed by atoms with Gasteiger partial charge in [0.2, 0.25) is 0 Å². The third kappa shape index (κ3) is 4.13. The zero-order chi connectivity index (χ0) is 13.3. The summed E-state index contributed by atoms with van der Waals surface area (Å²) in [7, 11) is 0. The van der Waals surface area contributed by atoms with Crippen molar-refractivity contribution in [2.45, 2.75) is 51.6 Å². The van der Waals surface area contributed by atoms with Gasteiger partial charge >= 0.3 is 13.1 Å². The third-order valence-corrected chi connectivity index (χ3v) is 2.61. The Morgan fingerprint density at radius 1 is 1.29 bits per heavy atom. The molecule has 0 aromatic heterocycles. The van der Waals surface area contributed by atoms with E-state index in [2.05, 4.69) is 0 Å². The van der Waals surface area contributed by atoms with Gasteiger partial charge in [0.1, 0.15) is 5.60 Å². The number of hydrogen-bond acceptors (Lipinski definition) is 2. The number of halogens is 3. The Hall–Kier alpha value is -0.875. The van der Waals surface area contributed by atoms with Gasteiger partial charge in [-0.1, -0.05) is 12.8 Å². The molecule has 0 radical (unpaired) electrons. The van der Waals surface area contributed by atoms with Gasteiger partial charge in [0.25, 0.3) is 0 Å². The molecular weight excluding hydrogens is 234 g/mol. The SMILES string of the molecule is CC(C)(C)OC(=O)N1CCCC[C@H]1[B-](F)(F)F. The highest BCUT2D eigenvalue weighted by atomic mass is 19.4. The van der Waals surface area contributed by atoms with Crippen LogP contribution in [-0.2, 0) is 4.74 Å². The number of carbonyl (C=O) groups excluding carboxylic acids is 1. The van der Waals surface area contributed by atoms with Gasteiger partial charge in [0, 0.05) is 12.5 Å². The fraction of sp³-hybridized carbons (Fsp3) is 0.900. The van der Waals surface area contributed by atoms with Gasteiger partial charge in [-0.25, -0.2) is 4.79 Å². The van der Waals surface area contributed by atoms with Crippen LogP contribution < -0.4 is 0 Å². The molecule has 0 aromatic carbocycles. The number of carbonyl (C=O) groups is 1. The molecule has 0 aromatic rings. The lowest BCUT2D eigenvalue weighted by atomic mass is 9.73. The summed E-state index contributed by atoms with van der Waals surface area (Å²) in [4.78, 5) is 12.5. The van der Waals surface area contributed by atoms with Crippen molar-refractivity contribution in [3.8, 4) is 0 Å². The molecule has 0 spiro atoms. The van der Waals surface area contributed by atoms with E-state index >= 15 is 0 Å². The van der Waals surface area contributed by atoms with Crippen molar-refractivity contribution in [3.05, 3.63) is 0 Å². The Balaban J connectivity index is 2.75. The minimum Gasteiger partial charge on any atom is -0.448 e. The molecule has 7 heteroatoms. The molecule has 3 nitrogen and oxygen atoms in total. The highest BCUT2D eigenvalue weighted by molar-refractivity contribution is 6.60. The molecule has 0 saturated carbocycles. The molecule has 1 aliphatic rings. The van der Waals surface area contributed by atoms with Crippen molar-refractivity contribution in [1.29, 1.82) is 0 Å². The molecule has 1 heterocycles. The minimum atomic E-state index is -5.03. The number of hydrogen-bond donors (Lipinski definition) is 0. The first kappa shape index (κ1) is 14.2. The number of nitrogens with zero attached hydrogens (tertiary/aromatic N) is 1. The van der Waals surface area contributed by atoms with E-state index in [1.165, 1.54) is 0 Å². The summed E-state index contributed by atoms with van der Waals surface area (Å²) in [6.45, 7) is 0.0179. The molecule has 17 heavy (non-hydrogen) atoms. The lowest BCUT2D eigenvalue weighted by Gasteiger charge is -2.41. The van der Waals surface area contributed by atoms with E-state index in [-0.39, 0.29) is 13.0 Å². The van der Waals surface area contributed by atoms with Crippen molar-refractivity contribution in [2.24, 2.45) is 0 Å². The van der Waals surface area contributed by atoms with Crippen LogP contribution in [0.5, 0.6) is 0 Å². The average molecular weight is 252 g/mol. The van der Waals surface area contributed by atoms with Gasteiger partial charge < -0.3 is 22.6 Å². The molecule has 0 N–H and O–H groups in total. The van der Waals surface area contributed by atoms with E-state index in [0.29, 0.717) is 12.8 Å². The van der Waals surface area contributed by atoms with Crippen LogP contribution in [0.1, 0.15) is 40.0 Å². The van der Waals surface area contributed by atoms with Crippen LogP contribution in [0.4, 0.5) is 17.7 Å². The fourth-order valence-electron chi connectivity index (χ4n) is 1.90. The quantitative estimate of drug-likeness (QED) is 0.671. The Bertz CT molecular complexity index is 288. The van der Waals surface area contributed by atoms with Gasteiger partial charge in [-0.05, 0) is 27.2 Å². The molecule has 1 fully saturated rings. The lowest BCUT2D eigenvalue weighted by molar-refractivity contribution is 0.0138. The number of rotatable bonds is 1. The highest BCUT2D eigenvalue weighted by Crippen LogP contribution is 2.29. The second-order valence-electron chi connectivity index (χ2n) is 5.36. The van der Waals surface area contributed by atoms with Crippen LogP contribution in [0.15, 0.2) is 0 Å². The third-order valence-electron chi connectivity index (χ3n) is 2.61. The molecule has 1 saturated heterocycles. The Labute approximate surface area is 99.4 Å². The molecule has 1 aliphatic heterocycles. The van der Waals surface area contributed by atoms with E-state index < -0.39 is 24.6 Å². The summed E-state index contributed by atoms with van der Waals surface area (Å²) in [5, 5.41) is 0. The largest absolute Gasteiger partial charge is 0.500 e. The van der Waals surface area contributed by atoms with Crippen molar-refractivity contribution in [3.63, 3.8) is 0 Å². The Kier molecular flexibility index (Phi) is 3.99. The highest BCUT2D eigenvalue weighted by Gasteiger charge is 2.43. The van der Waals surface area contributed by atoms with Gasteiger partial charge in [-0.3, -0.25) is 0 Å². The van der Waals surface area contributed by atoms with Gasteiger partial charge in [-0.2, -0.15) is 0 Å². The van der Waals surface area contributed by atoms with Crippen molar-refractivity contribution in [1.82, 2.24) is 4.90 Å². The maximum Gasteiger partial charge on any atom is 0.500 e. The van der Waals surface area contributed by atoms with Gasteiger partial charge in [0.05, 0.1) is 0 Å². The molecule has 1 rings (SSSR count). The summed E-state index contributed by atoms with van der Waals surface area (Å²) in [6.07, 6.45) is 0.233. The van der Waals surface area contributed by atoms with Gasteiger partial charge in [-0.15, -0.1) is 0 Å². The summed E-state index contributed by atoms with van der Waals surface area (Å²) in [6, 6.07) is 0. The Morgan fingerprint density at radius 3 is 2.35 bits per heavy atom. The maximum atomic E-state index is 12.8. The molecule has 0 aliphatic carbocycles. The fourth-order valence-corrected chi connectivity index (χ4v) is 1.90. The summed E-state index contributed by atoms with van der Waals surface area (Å²) in [5.74, 6) is -1.64. The van der Waals surface area contributed by atoms with E-state index in [1.54, 1.807) is 20.8 Å². The molecular formula is C10H18BF3NO2-. The first-order valence-electron chi connectivity index (χ1n) is 5.81. The number of likely N-dealkylation sites (tertiary alicyclic amines) is 1. The number of piperidine rings is 1. The summed E-state index contributed by atoms with van der Waals surface area (Å²) < 4.78 is 43.4. The molecule has 0 unspecified atom stereocenters.